The van der Waals surface area contributed by atoms with E-state index in [4.69, 9.17) is 14.8 Å². The number of benzene rings is 2. The van der Waals surface area contributed by atoms with Gasteiger partial charge in [0.25, 0.3) is 0 Å². The molecule has 4 aromatic rings. The Morgan fingerprint density at radius 3 is 2.42 bits per heavy atom. The maximum atomic E-state index is 5.54. The Morgan fingerprint density at radius 2 is 1.65 bits per heavy atom. The molecule has 2 aromatic heterocycles. The van der Waals surface area contributed by atoms with E-state index in [0.29, 0.717) is 0 Å². The molecule has 0 N–H and O–H groups in total. The van der Waals surface area contributed by atoms with Crippen molar-refractivity contribution in [3.8, 4) is 17.0 Å². The number of hydrogen-bond acceptors (Lipinski definition) is 5. The molecule has 1 saturated heterocycles. The first kappa shape index (κ1) is 19.6. The fourth-order valence-electron chi connectivity index (χ4n) is 4.27. The van der Waals surface area contributed by atoms with Gasteiger partial charge in [0.05, 0.1) is 12.8 Å². The molecule has 0 atom stereocenters. The Balaban J connectivity index is 1.41. The number of nitrogens with zero attached hydrogens (tertiary/aromatic N) is 5. The summed E-state index contributed by atoms with van der Waals surface area (Å²) in [6.45, 7) is 7.03. The van der Waals surface area contributed by atoms with Crippen molar-refractivity contribution in [3.05, 3.63) is 78.0 Å². The van der Waals surface area contributed by atoms with Crippen molar-refractivity contribution >= 4 is 11.5 Å². The molecule has 0 unspecified atom stereocenters. The van der Waals surface area contributed by atoms with Gasteiger partial charge < -0.3 is 9.64 Å². The summed E-state index contributed by atoms with van der Waals surface area (Å²) < 4.78 is 7.51. The molecule has 0 aliphatic carbocycles. The predicted octanol–water partition coefficient (Wildman–Crippen LogP) is 4.04. The zero-order chi connectivity index (χ0) is 21.2. The number of piperazine rings is 1. The van der Waals surface area contributed by atoms with Crippen LogP contribution in [0.15, 0.2) is 66.7 Å². The van der Waals surface area contributed by atoms with Gasteiger partial charge in [-0.05, 0) is 24.6 Å². The number of anilines is 1. The van der Waals surface area contributed by atoms with Crippen molar-refractivity contribution in [1.29, 1.82) is 0 Å². The van der Waals surface area contributed by atoms with Gasteiger partial charge in [-0.1, -0.05) is 42.5 Å². The van der Waals surface area contributed by atoms with E-state index < -0.39 is 0 Å². The molecule has 0 bridgehead atoms. The third kappa shape index (κ3) is 3.99. The van der Waals surface area contributed by atoms with E-state index in [1.165, 1.54) is 5.56 Å². The van der Waals surface area contributed by atoms with Crippen molar-refractivity contribution in [2.75, 3.05) is 38.2 Å². The number of hydrogen-bond donors (Lipinski definition) is 0. The van der Waals surface area contributed by atoms with Crippen molar-refractivity contribution in [1.82, 2.24) is 19.5 Å². The molecule has 5 rings (SSSR count). The average molecular weight is 414 g/mol. The lowest BCUT2D eigenvalue weighted by atomic mass is 10.1. The van der Waals surface area contributed by atoms with Crippen LogP contribution in [0.3, 0.4) is 0 Å². The lowest BCUT2D eigenvalue weighted by Crippen LogP contribution is -2.46. The monoisotopic (exact) mass is 413 g/mol. The Bertz CT molecular complexity index is 1180. The van der Waals surface area contributed by atoms with Crippen molar-refractivity contribution in [2.45, 2.75) is 13.5 Å². The number of methoxy groups -OCH3 is 1. The fraction of sp³-hybridized carbons (Fsp3) is 0.280. The minimum absolute atomic E-state index is 0.818. The molecule has 2 aromatic carbocycles. The van der Waals surface area contributed by atoms with Crippen LogP contribution in [0.25, 0.3) is 16.9 Å². The van der Waals surface area contributed by atoms with Crippen molar-refractivity contribution < 1.29 is 4.74 Å². The molecule has 0 radical (unpaired) electrons. The smallest absolute Gasteiger partial charge is 0.158 e. The number of aromatic nitrogens is 3. The van der Waals surface area contributed by atoms with E-state index in [0.717, 1.165) is 66.9 Å². The van der Waals surface area contributed by atoms with Gasteiger partial charge in [-0.15, -0.1) is 0 Å². The predicted molar refractivity (Wildman–Crippen MR) is 124 cm³/mol. The minimum atomic E-state index is 0.818. The van der Waals surface area contributed by atoms with Gasteiger partial charge in [0.1, 0.15) is 11.6 Å². The summed E-state index contributed by atoms with van der Waals surface area (Å²) in [6.07, 6.45) is 0. The topological polar surface area (TPSA) is 45.9 Å². The number of aryl methyl sites for hydroxylation is 1. The van der Waals surface area contributed by atoms with Crippen molar-refractivity contribution in [2.24, 2.45) is 0 Å². The second-order valence-corrected chi connectivity index (χ2v) is 8.00. The van der Waals surface area contributed by atoms with Crippen LogP contribution in [-0.2, 0) is 6.54 Å². The van der Waals surface area contributed by atoms with Crippen LogP contribution >= 0.6 is 0 Å². The van der Waals surface area contributed by atoms with Gasteiger partial charge in [0.15, 0.2) is 5.65 Å². The van der Waals surface area contributed by atoms with Crippen LogP contribution in [0.5, 0.6) is 5.75 Å². The number of fused-ring (bicyclic) bond motifs is 1. The van der Waals surface area contributed by atoms with Gasteiger partial charge >= 0.3 is 0 Å². The summed E-state index contributed by atoms with van der Waals surface area (Å²) in [4.78, 5) is 9.66. The Kier molecular flexibility index (Phi) is 5.30. The average Bonchev–Trinajstić information content (AvgIpc) is 3.23. The lowest BCUT2D eigenvalue weighted by Gasteiger charge is -2.36. The highest BCUT2D eigenvalue weighted by atomic mass is 16.5. The van der Waals surface area contributed by atoms with E-state index in [1.807, 2.05) is 41.8 Å². The van der Waals surface area contributed by atoms with Crippen LogP contribution in [0.2, 0.25) is 0 Å². The highest BCUT2D eigenvalue weighted by Crippen LogP contribution is 2.30. The van der Waals surface area contributed by atoms with Gasteiger partial charge in [0.2, 0.25) is 0 Å². The number of rotatable bonds is 5. The minimum Gasteiger partial charge on any atom is -0.496 e. The van der Waals surface area contributed by atoms with Gasteiger partial charge in [-0.3, -0.25) is 4.90 Å². The number of para-hydroxylation sites is 1. The van der Waals surface area contributed by atoms with Crippen LogP contribution in [-0.4, -0.2) is 52.8 Å². The summed E-state index contributed by atoms with van der Waals surface area (Å²) in [5, 5.41) is 4.91. The molecule has 6 heteroatoms. The van der Waals surface area contributed by atoms with E-state index in [9.17, 15) is 0 Å². The van der Waals surface area contributed by atoms with E-state index in [1.54, 1.807) is 7.11 Å². The first-order valence-corrected chi connectivity index (χ1v) is 10.7. The Morgan fingerprint density at radius 1 is 0.903 bits per heavy atom. The van der Waals surface area contributed by atoms with E-state index in [-0.39, 0.29) is 0 Å². The second-order valence-electron chi connectivity index (χ2n) is 8.00. The maximum Gasteiger partial charge on any atom is 0.158 e. The SMILES string of the molecule is COc1ccccc1-c1cc2nc(C)cc(N3CCN(Cc4ccccc4)CC3)n2n1. The highest BCUT2D eigenvalue weighted by molar-refractivity contribution is 5.71. The first-order valence-electron chi connectivity index (χ1n) is 10.7. The molecule has 1 aliphatic heterocycles. The summed E-state index contributed by atoms with van der Waals surface area (Å²) in [7, 11) is 1.69. The largest absolute Gasteiger partial charge is 0.496 e. The molecule has 1 aliphatic rings. The molecule has 0 amide bonds. The third-order valence-corrected chi connectivity index (χ3v) is 5.86. The molecule has 31 heavy (non-hydrogen) atoms. The van der Waals surface area contributed by atoms with E-state index in [2.05, 4.69) is 46.2 Å². The number of ether oxygens (including phenoxy) is 1. The van der Waals surface area contributed by atoms with Crippen LogP contribution < -0.4 is 9.64 Å². The van der Waals surface area contributed by atoms with Crippen LogP contribution in [0, 0.1) is 6.92 Å². The van der Waals surface area contributed by atoms with Gasteiger partial charge in [-0.25, -0.2) is 4.98 Å². The summed E-state index contributed by atoms with van der Waals surface area (Å²) in [5.41, 5.74) is 5.08. The summed E-state index contributed by atoms with van der Waals surface area (Å²) >= 11 is 0. The molecule has 0 saturated carbocycles. The van der Waals surface area contributed by atoms with Crippen molar-refractivity contribution in [3.63, 3.8) is 0 Å². The zero-order valence-corrected chi connectivity index (χ0v) is 18.0. The standard InChI is InChI=1S/C25H27N5O/c1-19-16-25(29-14-12-28(13-15-29)18-20-8-4-3-5-9-20)30-24(26-19)17-22(27-30)21-10-6-7-11-23(21)31-2/h3-11,16-17H,12-15,18H2,1-2H3. The fourth-order valence-corrected chi connectivity index (χ4v) is 4.27. The summed E-state index contributed by atoms with van der Waals surface area (Å²) in [5.74, 6) is 1.92. The third-order valence-electron chi connectivity index (χ3n) is 5.86. The Hall–Kier alpha value is -3.38. The molecular weight excluding hydrogens is 386 g/mol. The molecule has 3 heterocycles. The first-order chi connectivity index (χ1) is 15.2. The maximum absolute atomic E-state index is 5.54. The second kappa shape index (κ2) is 8.40. The zero-order valence-electron chi connectivity index (χ0n) is 18.0. The normalized spacial score (nSPS) is 14.8. The molecule has 158 valence electrons. The summed E-state index contributed by atoms with van der Waals surface area (Å²) in [6, 6.07) is 22.9. The molecular formula is C25H27N5O. The molecule has 1 fully saturated rings. The van der Waals surface area contributed by atoms with Crippen LogP contribution in [0.4, 0.5) is 5.82 Å². The van der Waals surface area contributed by atoms with Crippen LogP contribution in [0.1, 0.15) is 11.3 Å². The lowest BCUT2D eigenvalue weighted by molar-refractivity contribution is 0.249. The quantitative estimate of drug-likeness (QED) is 0.494. The Labute approximate surface area is 182 Å². The molecule has 0 spiro atoms. The van der Waals surface area contributed by atoms with E-state index >= 15 is 0 Å². The highest BCUT2D eigenvalue weighted by Gasteiger charge is 2.21. The van der Waals surface area contributed by atoms with Gasteiger partial charge in [0, 0.05) is 56.1 Å². The van der Waals surface area contributed by atoms with Gasteiger partial charge in [-0.2, -0.15) is 9.61 Å². The molecule has 6 nitrogen and oxygen atoms in total.